The molecule has 0 bridgehead atoms. The highest BCUT2D eigenvalue weighted by Crippen LogP contribution is 2.38. The van der Waals surface area contributed by atoms with E-state index in [1.165, 1.54) is 0 Å². The van der Waals surface area contributed by atoms with E-state index < -0.39 is 0 Å². The molecule has 0 radical (unpaired) electrons. The van der Waals surface area contributed by atoms with E-state index in [1.807, 2.05) is 36.4 Å². The molecule has 0 aliphatic rings. The van der Waals surface area contributed by atoms with Crippen molar-refractivity contribution in [3.8, 4) is 16.9 Å². The van der Waals surface area contributed by atoms with Crippen molar-refractivity contribution < 1.29 is 4.74 Å². The van der Waals surface area contributed by atoms with Gasteiger partial charge in [0, 0.05) is 17.1 Å². The first-order valence-electron chi connectivity index (χ1n) is 5.59. The van der Waals surface area contributed by atoms with Gasteiger partial charge < -0.3 is 10.5 Å². The molecular weight excluding hydrogens is 269 g/mol. The molecule has 2 aromatic carbocycles. The van der Waals surface area contributed by atoms with E-state index >= 15 is 0 Å². The molecule has 2 aromatic rings. The topological polar surface area (TPSA) is 35.2 Å². The normalized spacial score (nSPS) is 10.4. The van der Waals surface area contributed by atoms with E-state index in [4.69, 9.17) is 33.7 Å². The summed E-state index contributed by atoms with van der Waals surface area (Å²) in [6.45, 7) is 0.856. The van der Waals surface area contributed by atoms with E-state index in [9.17, 15) is 0 Å². The predicted molar refractivity (Wildman–Crippen MR) is 76.4 cm³/mol. The van der Waals surface area contributed by atoms with Gasteiger partial charge in [0.15, 0.2) is 0 Å². The molecule has 0 unspecified atom stereocenters. The zero-order valence-electron chi connectivity index (χ0n) is 9.70. The lowest BCUT2D eigenvalue weighted by atomic mass is 10.0. The highest BCUT2D eigenvalue weighted by atomic mass is 35.5. The smallest absolute Gasteiger partial charge is 0.145 e. The molecule has 0 saturated carbocycles. The lowest BCUT2D eigenvalue weighted by molar-refractivity contribution is 0.330. The second kappa shape index (κ2) is 6.10. The number of ether oxygens (including phenoxy) is 1. The zero-order chi connectivity index (χ0) is 13.0. The van der Waals surface area contributed by atoms with E-state index in [1.54, 1.807) is 6.07 Å². The number of hydrogen-bond donors (Lipinski definition) is 1. The summed E-state index contributed by atoms with van der Waals surface area (Å²) in [6, 6.07) is 13.3. The Balaban J connectivity index is 2.50. The van der Waals surface area contributed by atoms with Crippen molar-refractivity contribution in [1.29, 1.82) is 0 Å². The molecule has 0 aromatic heterocycles. The fraction of sp³-hybridized carbons (Fsp3) is 0.143. The Kier molecular flexibility index (Phi) is 4.48. The minimum Gasteiger partial charge on any atom is -0.490 e. The van der Waals surface area contributed by atoms with Gasteiger partial charge in [0.2, 0.25) is 0 Å². The van der Waals surface area contributed by atoms with Crippen LogP contribution in [0.5, 0.6) is 5.75 Å². The van der Waals surface area contributed by atoms with Gasteiger partial charge in [-0.05, 0) is 17.7 Å². The molecule has 4 heteroatoms. The molecule has 0 fully saturated rings. The minimum atomic E-state index is 0.418. The first-order valence-corrected chi connectivity index (χ1v) is 6.35. The van der Waals surface area contributed by atoms with Crippen LogP contribution in [-0.4, -0.2) is 13.2 Å². The van der Waals surface area contributed by atoms with Crippen LogP contribution < -0.4 is 10.5 Å². The maximum atomic E-state index is 6.17. The molecular formula is C14H13Cl2NO. The van der Waals surface area contributed by atoms with Gasteiger partial charge in [0.25, 0.3) is 0 Å². The Bertz CT molecular complexity index is 529. The lowest BCUT2D eigenvalue weighted by Crippen LogP contribution is -2.11. The second-order valence-corrected chi connectivity index (χ2v) is 4.61. The summed E-state index contributed by atoms with van der Waals surface area (Å²) in [5, 5.41) is 1.08. The number of hydrogen-bond acceptors (Lipinski definition) is 2. The third kappa shape index (κ3) is 2.96. The molecule has 0 spiro atoms. The van der Waals surface area contributed by atoms with Crippen LogP contribution in [0.4, 0.5) is 0 Å². The lowest BCUT2D eigenvalue weighted by Gasteiger charge is -2.13. The Hall–Kier alpha value is -1.22. The number of benzene rings is 2. The average molecular weight is 282 g/mol. The van der Waals surface area contributed by atoms with Crippen LogP contribution >= 0.6 is 23.2 Å². The zero-order valence-corrected chi connectivity index (χ0v) is 11.2. The van der Waals surface area contributed by atoms with Gasteiger partial charge in [-0.3, -0.25) is 0 Å². The fourth-order valence-corrected chi connectivity index (χ4v) is 2.25. The van der Waals surface area contributed by atoms with Crippen LogP contribution in [0.3, 0.4) is 0 Å². The summed E-state index contributed by atoms with van der Waals surface area (Å²) in [5.74, 6) is 0.623. The number of halogens is 2. The monoisotopic (exact) mass is 281 g/mol. The van der Waals surface area contributed by atoms with Crippen molar-refractivity contribution in [3.05, 3.63) is 52.5 Å². The van der Waals surface area contributed by atoms with Crippen molar-refractivity contribution in [2.24, 2.45) is 5.73 Å². The van der Waals surface area contributed by atoms with Gasteiger partial charge in [-0.15, -0.1) is 0 Å². The summed E-state index contributed by atoms with van der Waals surface area (Å²) < 4.78 is 5.61. The molecule has 2 nitrogen and oxygen atoms in total. The second-order valence-electron chi connectivity index (χ2n) is 3.77. The predicted octanol–water partition coefficient (Wildman–Crippen LogP) is 4.00. The van der Waals surface area contributed by atoms with Gasteiger partial charge >= 0.3 is 0 Å². The largest absolute Gasteiger partial charge is 0.490 e. The van der Waals surface area contributed by atoms with Gasteiger partial charge in [-0.1, -0.05) is 53.5 Å². The maximum absolute atomic E-state index is 6.17. The van der Waals surface area contributed by atoms with Crippen molar-refractivity contribution in [2.75, 3.05) is 13.2 Å². The standard InChI is InChI=1S/C14H13Cl2NO/c15-11-8-12(10-4-2-1-3-5-10)14(13(16)9-11)18-7-6-17/h1-5,8-9H,6-7,17H2. The molecule has 0 saturated heterocycles. The SMILES string of the molecule is NCCOc1c(Cl)cc(Cl)cc1-c1ccccc1. The van der Waals surface area contributed by atoms with Crippen LogP contribution in [0.25, 0.3) is 11.1 Å². The number of rotatable bonds is 4. The molecule has 2 N–H and O–H groups in total. The molecule has 0 amide bonds. The van der Waals surface area contributed by atoms with Crippen molar-refractivity contribution >= 4 is 23.2 Å². The van der Waals surface area contributed by atoms with Gasteiger partial charge in [0.05, 0.1) is 5.02 Å². The van der Waals surface area contributed by atoms with Gasteiger partial charge in [-0.2, -0.15) is 0 Å². The summed E-state index contributed by atoms with van der Waals surface area (Å²) in [4.78, 5) is 0. The van der Waals surface area contributed by atoms with Crippen molar-refractivity contribution in [1.82, 2.24) is 0 Å². The van der Waals surface area contributed by atoms with Crippen LogP contribution in [0.15, 0.2) is 42.5 Å². The summed E-state index contributed by atoms with van der Waals surface area (Å²) in [6.07, 6.45) is 0. The van der Waals surface area contributed by atoms with E-state index in [-0.39, 0.29) is 0 Å². The van der Waals surface area contributed by atoms with Gasteiger partial charge in [-0.25, -0.2) is 0 Å². The van der Waals surface area contributed by atoms with E-state index in [0.29, 0.717) is 28.9 Å². The highest BCUT2D eigenvalue weighted by Gasteiger charge is 2.12. The van der Waals surface area contributed by atoms with Gasteiger partial charge in [0.1, 0.15) is 12.4 Å². The van der Waals surface area contributed by atoms with Crippen LogP contribution in [0.2, 0.25) is 10.0 Å². The first kappa shape index (κ1) is 13.2. The van der Waals surface area contributed by atoms with E-state index in [0.717, 1.165) is 11.1 Å². The highest BCUT2D eigenvalue weighted by molar-refractivity contribution is 6.36. The minimum absolute atomic E-state index is 0.418. The Morgan fingerprint density at radius 2 is 1.78 bits per heavy atom. The average Bonchev–Trinajstić information content (AvgIpc) is 2.38. The third-order valence-electron chi connectivity index (χ3n) is 2.46. The van der Waals surface area contributed by atoms with Crippen LogP contribution in [0.1, 0.15) is 0 Å². The molecule has 0 aliphatic heterocycles. The summed E-state index contributed by atoms with van der Waals surface area (Å²) in [7, 11) is 0. The molecule has 18 heavy (non-hydrogen) atoms. The summed E-state index contributed by atoms with van der Waals surface area (Å²) >= 11 is 12.2. The Labute approximate surface area is 116 Å². The quantitative estimate of drug-likeness (QED) is 0.920. The third-order valence-corrected chi connectivity index (χ3v) is 2.96. The Morgan fingerprint density at radius 1 is 1.06 bits per heavy atom. The fourth-order valence-electron chi connectivity index (χ4n) is 1.70. The van der Waals surface area contributed by atoms with Crippen molar-refractivity contribution in [3.63, 3.8) is 0 Å². The first-order chi connectivity index (χ1) is 8.72. The molecule has 0 aliphatic carbocycles. The molecule has 2 rings (SSSR count). The molecule has 0 heterocycles. The number of nitrogens with two attached hydrogens (primary N) is 1. The summed E-state index contributed by atoms with van der Waals surface area (Å²) in [5.41, 5.74) is 7.34. The van der Waals surface area contributed by atoms with Crippen molar-refractivity contribution in [2.45, 2.75) is 0 Å². The molecule has 0 atom stereocenters. The molecule has 94 valence electrons. The van der Waals surface area contributed by atoms with Crippen LogP contribution in [0, 0.1) is 0 Å². The Morgan fingerprint density at radius 3 is 2.44 bits per heavy atom. The van der Waals surface area contributed by atoms with Crippen LogP contribution in [-0.2, 0) is 0 Å². The maximum Gasteiger partial charge on any atom is 0.145 e. The van der Waals surface area contributed by atoms with E-state index in [2.05, 4.69) is 0 Å².